The summed E-state index contributed by atoms with van der Waals surface area (Å²) in [6, 6.07) is 6.60. The van der Waals surface area contributed by atoms with Crippen LogP contribution >= 0.6 is 0 Å². The molecule has 1 aromatic carbocycles. The molecule has 1 heterocycles. The Hall–Kier alpha value is -0.930. The van der Waals surface area contributed by atoms with E-state index in [9.17, 15) is 4.39 Å². The van der Waals surface area contributed by atoms with Crippen molar-refractivity contribution < 1.29 is 9.13 Å². The Balaban J connectivity index is 1.62. The second kappa shape index (κ2) is 6.72. The standard InChI is InChI=1S/C14H20FNO/c15-14-5-1-3-13(9-14)11-17-8-6-12-4-2-7-16-10-12/h1,3,5,9,12,16H,2,4,6-8,10-11H2. The molecule has 2 rings (SSSR count). The molecule has 1 saturated heterocycles. The number of benzene rings is 1. The summed E-state index contributed by atoms with van der Waals surface area (Å²) in [5.41, 5.74) is 0.909. The van der Waals surface area contributed by atoms with Gasteiger partial charge in [-0.3, -0.25) is 0 Å². The Morgan fingerprint density at radius 3 is 3.12 bits per heavy atom. The van der Waals surface area contributed by atoms with Gasteiger partial charge in [0.2, 0.25) is 0 Å². The van der Waals surface area contributed by atoms with E-state index in [1.165, 1.54) is 25.0 Å². The van der Waals surface area contributed by atoms with Crippen LogP contribution in [0.1, 0.15) is 24.8 Å². The summed E-state index contributed by atoms with van der Waals surface area (Å²) in [5.74, 6) is 0.554. The van der Waals surface area contributed by atoms with E-state index in [-0.39, 0.29) is 5.82 Å². The highest BCUT2D eigenvalue weighted by atomic mass is 19.1. The molecule has 0 bridgehead atoms. The van der Waals surface area contributed by atoms with E-state index in [2.05, 4.69) is 5.32 Å². The van der Waals surface area contributed by atoms with Crippen molar-refractivity contribution in [2.24, 2.45) is 5.92 Å². The van der Waals surface area contributed by atoms with Gasteiger partial charge in [0.1, 0.15) is 5.82 Å². The molecule has 0 saturated carbocycles. The monoisotopic (exact) mass is 237 g/mol. The summed E-state index contributed by atoms with van der Waals surface area (Å²) in [6.07, 6.45) is 3.67. The maximum atomic E-state index is 12.9. The zero-order valence-electron chi connectivity index (χ0n) is 10.1. The summed E-state index contributed by atoms with van der Waals surface area (Å²) in [7, 11) is 0. The van der Waals surface area contributed by atoms with E-state index < -0.39 is 0 Å². The lowest BCUT2D eigenvalue weighted by Crippen LogP contribution is -2.30. The third-order valence-corrected chi connectivity index (χ3v) is 3.23. The van der Waals surface area contributed by atoms with Crippen LogP contribution in [-0.2, 0) is 11.3 Å². The summed E-state index contributed by atoms with van der Waals surface area (Å²) in [6.45, 7) is 3.55. The molecule has 1 aliphatic heterocycles. The first-order chi connectivity index (χ1) is 8.34. The van der Waals surface area contributed by atoms with Gasteiger partial charge in [0.15, 0.2) is 0 Å². The average Bonchev–Trinajstić information content (AvgIpc) is 2.36. The van der Waals surface area contributed by atoms with Crippen molar-refractivity contribution in [1.82, 2.24) is 5.32 Å². The smallest absolute Gasteiger partial charge is 0.123 e. The first kappa shape index (κ1) is 12.5. The zero-order valence-corrected chi connectivity index (χ0v) is 10.1. The average molecular weight is 237 g/mol. The molecule has 0 amide bonds. The van der Waals surface area contributed by atoms with Gasteiger partial charge in [-0.25, -0.2) is 4.39 Å². The lowest BCUT2D eigenvalue weighted by Gasteiger charge is -2.22. The van der Waals surface area contributed by atoms with Gasteiger partial charge in [0.05, 0.1) is 6.61 Å². The Labute approximate surface area is 102 Å². The van der Waals surface area contributed by atoms with Crippen molar-refractivity contribution in [3.05, 3.63) is 35.6 Å². The van der Waals surface area contributed by atoms with Crippen LogP contribution in [0, 0.1) is 11.7 Å². The molecule has 0 spiro atoms. The minimum Gasteiger partial charge on any atom is -0.377 e. The lowest BCUT2D eigenvalue weighted by molar-refractivity contribution is 0.103. The van der Waals surface area contributed by atoms with Crippen LogP contribution in [0.3, 0.4) is 0 Å². The Morgan fingerprint density at radius 2 is 2.35 bits per heavy atom. The van der Waals surface area contributed by atoms with Crippen LogP contribution < -0.4 is 5.32 Å². The Bertz CT molecular complexity index is 337. The van der Waals surface area contributed by atoms with E-state index in [0.717, 1.165) is 37.6 Å². The number of ether oxygens (including phenoxy) is 1. The molecule has 1 N–H and O–H groups in total. The highest BCUT2D eigenvalue weighted by Gasteiger charge is 2.12. The second-order valence-corrected chi connectivity index (χ2v) is 4.68. The molecule has 1 aliphatic rings. The van der Waals surface area contributed by atoms with Crippen LogP contribution in [-0.4, -0.2) is 19.7 Å². The number of hydrogen-bond acceptors (Lipinski definition) is 2. The minimum atomic E-state index is -0.192. The first-order valence-electron chi connectivity index (χ1n) is 6.37. The molecule has 17 heavy (non-hydrogen) atoms. The molecular formula is C14H20FNO. The fourth-order valence-electron chi connectivity index (χ4n) is 2.24. The number of hydrogen-bond donors (Lipinski definition) is 1. The molecule has 1 atom stereocenters. The molecule has 0 aromatic heterocycles. The minimum absolute atomic E-state index is 0.192. The van der Waals surface area contributed by atoms with Crippen molar-refractivity contribution in [2.75, 3.05) is 19.7 Å². The lowest BCUT2D eigenvalue weighted by atomic mass is 9.97. The Kier molecular flexibility index (Phi) is 4.95. The summed E-state index contributed by atoms with van der Waals surface area (Å²) >= 11 is 0. The molecule has 2 nitrogen and oxygen atoms in total. The van der Waals surface area contributed by atoms with Gasteiger partial charge in [-0.1, -0.05) is 12.1 Å². The van der Waals surface area contributed by atoms with Gasteiger partial charge in [0, 0.05) is 6.61 Å². The highest BCUT2D eigenvalue weighted by Crippen LogP contribution is 2.14. The topological polar surface area (TPSA) is 21.3 Å². The van der Waals surface area contributed by atoms with Gasteiger partial charge in [-0.05, 0) is 56.0 Å². The van der Waals surface area contributed by atoms with E-state index in [1.54, 1.807) is 6.07 Å². The van der Waals surface area contributed by atoms with Gasteiger partial charge in [0.25, 0.3) is 0 Å². The van der Waals surface area contributed by atoms with Crippen LogP contribution in [0.25, 0.3) is 0 Å². The highest BCUT2D eigenvalue weighted by molar-refractivity contribution is 5.15. The predicted molar refractivity (Wildman–Crippen MR) is 66.3 cm³/mol. The van der Waals surface area contributed by atoms with Crippen molar-refractivity contribution in [2.45, 2.75) is 25.9 Å². The number of nitrogens with one attached hydrogen (secondary N) is 1. The predicted octanol–water partition coefficient (Wildman–Crippen LogP) is 2.73. The summed E-state index contributed by atoms with van der Waals surface area (Å²) < 4.78 is 18.5. The van der Waals surface area contributed by atoms with Crippen LogP contribution in [0.5, 0.6) is 0 Å². The molecule has 3 heteroatoms. The SMILES string of the molecule is Fc1cccc(COCCC2CCCNC2)c1. The van der Waals surface area contributed by atoms with Crippen LogP contribution in [0.4, 0.5) is 4.39 Å². The fourth-order valence-corrected chi connectivity index (χ4v) is 2.24. The molecule has 1 aromatic rings. The van der Waals surface area contributed by atoms with Crippen LogP contribution in [0.2, 0.25) is 0 Å². The maximum Gasteiger partial charge on any atom is 0.123 e. The van der Waals surface area contributed by atoms with Gasteiger partial charge >= 0.3 is 0 Å². The summed E-state index contributed by atoms with van der Waals surface area (Å²) in [4.78, 5) is 0. The quantitative estimate of drug-likeness (QED) is 0.795. The summed E-state index contributed by atoms with van der Waals surface area (Å²) in [5, 5.41) is 3.40. The second-order valence-electron chi connectivity index (χ2n) is 4.68. The third-order valence-electron chi connectivity index (χ3n) is 3.23. The molecule has 1 unspecified atom stereocenters. The molecule has 94 valence electrons. The zero-order chi connectivity index (χ0) is 11.9. The van der Waals surface area contributed by atoms with Crippen LogP contribution in [0.15, 0.2) is 24.3 Å². The molecule has 1 fully saturated rings. The largest absolute Gasteiger partial charge is 0.377 e. The van der Waals surface area contributed by atoms with Crippen molar-refractivity contribution >= 4 is 0 Å². The molecule has 0 radical (unpaired) electrons. The van der Waals surface area contributed by atoms with Crippen molar-refractivity contribution in [1.29, 1.82) is 0 Å². The fraction of sp³-hybridized carbons (Fsp3) is 0.571. The van der Waals surface area contributed by atoms with E-state index in [4.69, 9.17) is 4.74 Å². The van der Waals surface area contributed by atoms with E-state index in [1.807, 2.05) is 6.07 Å². The number of piperidine rings is 1. The maximum absolute atomic E-state index is 12.9. The first-order valence-corrected chi connectivity index (χ1v) is 6.37. The Morgan fingerprint density at radius 1 is 1.41 bits per heavy atom. The van der Waals surface area contributed by atoms with Gasteiger partial charge in [-0.15, -0.1) is 0 Å². The molecular weight excluding hydrogens is 217 g/mol. The molecule has 0 aliphatic carbocycles. The van der Waals surface area contributed by atoms with Gasteiger partial charge in [-0.2, -0.15) is 0 Å². The van der Waals surface area contributed by atoms with E-state index in [0.29, 0.717) is 6.61 Å². The number of halogens is 1. The number of rotatable bonds is 5. The van der Waals surface area contributed by atoms with Crippen molar-refractivity contribution in [3.63, 3.8) is 0 Å². The van der Waals surface area contributed by atoms with Crippen molar-refractivity contribution in [3.8, 4) is 0 Å². The third kappa shape index (κ3) is 4.44. The normalized spacial score (nSPS) is 20.4. The van der Waals surface area contributed by atoms with E-state index >= 15 is 0 Å². The van der Waals surface area contributed by atoms with Gasteiger partial charge < -0.3 is 10.1 Å².